The van der Waals surface area contributed by atoms with Crippen LogP contribution in [0.3, 0.4) is 0 Å². The lowest BCUT2D eigenvalue weighted by molar-refractivity contribution is 0.290. The number of aromatic nitrogens is 5. The van der Waals surface area contributed by atoms with E-state index >= 15 is 0 Å². The van der Waals surface area contributed by atoms with Crippen LogP contribution in [0.25, 0.3) is 17.2 Å². The highest BCUT2D eigenvalue weighted by molar-refractivity contribution is 5.63. The number of pyridine rings is 1. The average Bonchev–Trinajstić information content (AvgIpc) is 3.27. The SMILES string of the molecule is N[C@@H]1CCCC[C@@H]1c1nc(-c2cccnc2-n2cccn2)no1. The summed E-state index contributed by atoms with van der Waals surface area (Å²) in [4.78, 5) is 8.97. The summed E-state index contributed by atoms with van der Waals surface area (Å²) in [5.41, 5.74) is 7.00. The van der Waals surface area contributed by atoms with Gasteiger partial charge >= 0.3 is 0 Å². The van der Waals surface area contributed by atoms with Crippen LogP contribution in [0.4, 0.5) is 0 Å². The summed E-state index contributed by atoms with van der Waals surface area (Å²) in [5, 5.41) is 8.37. The molecule has 23 heavy (non-hydrogen) atoms. The number of rotatable bonds is 3. The third kappa shape index (κ3) is 2.63. The molecule has 0 aliphatic heterocycles. The maximum atomic E-state index is 6.21. The van der Waals surface area contributed by atoms with Gasteiger partial charge in [0.05, 0.1) is 11.5 Å². The van der Waals surface area contributed by atoms with Gasteiger partial charge in [0.1, 0.15) is 0 Å². The molecular formula is C16H18N6O. The van der Waals surface area contributed by atoms with Crippen molar-refractivity contribution in [2.24, 2.45) is 5.73 Å². The lowest BCUT2D eigenvalue weighted by Crippen LogP contribution is -2.31. The molecule has 0 unspecified atom stereocenters. The highest BCUT2D eigenvalue weighted by Crippen LogP contribution is 2.32. The van der Waals surface area contributed by atoms with E-state index < -0.39 is 0 Å². The van der Waals surface area contributed by atoms with E-state index in [9.17, 15) is 0 Å². The van der Waals surface area contributed by atoms with Crippen LogP contribution >= 0.6 is 0 Å². The Hall–Kier alpha value is -2.54. The van der Waals surface area contributed by atoms with E-state index in [4.69, 9.17) is 10.3 Å². The second-order valence-electron chi connectivity index (χ2n) is 5.84. The molecule has 2 atom stereocenters. The summed E-state index contributed by atoms with van der Waals surface area (Å²) in [6.07, 6.45) is 9.60. The minimum Gasteiger partial charge on any atom is -0.339 e. The first-order valence-corrected chi connectivity index (χ1v) is 7.87. The van der Waals surface area contributed by atoms with Gasteiger partial charge in [-0.1, -0.05) is 18.0 Å². The van der Waals surface area contributed by atoms with Crippen LogP contribution in [0.2, 0.25) is 0 Å². The fraction of sp³-hybridized carbons (Fsp3) is 0.375. The highest BCUT2D eigenvalue weighted by atomic mass is 16.5. The summed E-state index contributed by atoms with van der Waals surface area (Å²) < 4.78 is 7.19. The molecule has 1 aliphatic carbocycles. The van der Waals surface area contributed by atoms with Crippen molar-refractivity contribution >= 4 is 0 Å². The van der Waals surface area contributed by atoms with E-state index in [-0.39, 0.29) is 12.0 Å². The van der Waals surface area contributed by atoms with Crippen LogP contribution in [0.5, 0.6) is 0 Å². The molecule has 0 radical (unpaired) electrons. The van der Waals surface area contributed by atoms with E-state index in [2.05, 4.69) is 20.2 Å². The van der Waals surface area contributed by atoms with Gasteiger partial charge in [0.15, 0.2) is 5.82 Å². The van der Waals surface area contributed by atoms with Gasteiger partial charge in [0, 0.05) is 24.6 Å². The van der Waals surface area contributed by atoms with Crippen molar-refractivity contribution in [3.05, 3.63) is 42.7 Å². The van der Waals surface area contributed by atoms with Crippen LogP contribution in [-0.4, -0.2) is 30.9 Å². The molecule has 118 valence electrons. The van der Waals surface area contributed by atoms with Gasteiger partial charge < -0.3 is 10.3 Å². The molecule has 0 amide bonds. The van der Waals surface area contributed by atoms with Crippen LogP contribution in [0.15, 0.2) is 41.3 Å². The van der Waals surface area contributed by atoms with Crippen LogP contribution in [0.1, 0.15) is 37.5 Å². The van der Waals surface area contributed by atoms with Crippen LogP contribution in [0, 0.1) is 0 Å². The molecule has 3 heterocycles. The Morgan fingerprint density at radius 2 is 2.09 bits per heavy atom. The van der Waals surface area contributed by atoms with Gasteiger partial charge in [-0.15, -0.1) is 0 Å². The molecule has 7 nitrogen and oxygen atoms in total. The minimum absolute atomic E-state index is 0.0940. The van der Waals surface area contributed by atoms with Gasteiger partial charge in [-0.05, 0) is 31.0 Å². The first kappa shape index (κ1) is 14.1. The Kier molecular flexibility index (Phi) is 3.63. The van der Waals surface area contributed by atoms with Crippen molar-refractivity contribution in [3.63, 3.8) is 0 Å². The summed E-state index contributed by atoms with van der Waals surface area (Å²) in [7, 11) is 0. The Balaban J connectivity index is 1.70. The van der Waals surface area contributed by atoms with Gasteiger partial charge in [-0.3, -0.25) is 0 Å². The molecule has 0 aromatic carbocycles. The van der Waals surface area contributed by atoms with Crippen molar-refractivity contribution in [3.8, 4) is 17.2 Å². The summed E-state index contributed by atoms with van der Waals surface area (Å²) in [6.45, 7) is 0. The number of nitrogens with zero attached hydrogens (tertiary/aromatic N) is 5. The predicted octanol–water partition coefficient (Wildman–Crippen LogP) is 2.30. The average molecular weight is 310 g/mol. The summed E-state index contributed by atoms with van der Waals surface area (Å²) >= 11 is 0. The van der Waals surface area contributed by atoms with Gasteiger partial charge in [0.25, 0.3) is 0 Å². The molecule has 0 spiro atoms. The molecule has 1 aliphatic rings. The van der Waals surface area contributed by atoms with E-state index in [0.29, 0.717) is 17.5 Å². The number of hydrogen-bond acceptors (Lipinski definition) is 6. The second kappa shape index (κ2) is 5.92. The van der Waals surface area contributed by atoms with Crippen molar-refractivity contribution < 1.29 is 4.52 Å². The highest BCUT2D eigenvalue weighted by Gasteiger charge is 2.29. The smallest absolute Gasteiger partial charge is 0.231 e. The van der Waals surface area contributed by atoms with Crippen molar-refractivity contribution in [2.75, 3.05) is 0 Å². The maximum Gasteiger partial charge on any atom is 0.231 e. The van der Waals surface area contributed by atoms with Crippen molar-refractivity contribution in [2.45, 2.75) is 37.6 Å². The largest absolute Gasteiger partial charge is 0.339 e. The van der Waals surface area contributed by atoms with Crippen molar-refractivity contribution in [1.82, 2.24) is 24.9 Å². The molecule has 1 saturated carbocycles. The van der Waals surface area contributed by atoms with E-state index in [1.54, 1.807) is 17.1 Å². The zero-order valence-electron chi connectivity index (χ0n) is 12.7. The topological polar surface area (TPSA) is 95.7 Å². The van der Waals surface area contributed by atoms with Crippen LogP contribution in [-0.2, 0) is 0 Å². The van der Waals surface area contributed by atoms with E-state index in [1.165, 1.54) is 6.42 Å². The monoisotopic (exact) mass is 310 g/mol. The van der Waals surface area contributed by atoms with Gasteiger partial charge in [-0.25, -0.2) is 9.67 Å². The third-order valence-corrected chi connectivity index (χ3v) is 4.33. The fourth-order valence-electron chi connectivity index (χ4n) is 3.11. The minimum atomic E-state index is 0.0940. The third-order valence-electron chi connectivity index (χ3n) is 4.33. The molecule has 0 bridgehead atoms. The normalized spacial score (nSPS) is 21.4. The van der Waals surface area contributed by atoms with Gasteiger partial charge in [0.2, 0.25) is 11.7 Å². The molecule has 0 saturated heterocycles. The van der Waals surface area contributed by atoms with Crippen molar-refractivity contribution in [1.29, 1.82) is 0 Å². The molecular weight excluding hydrogens is 292 g/mol. The number of hydrogen-bond donors (Lipinski definition) is 1. The molecule has 3 aromatic heterocycles. The first-order chi connectivity index (χ1) is 11.3. The molecule has 7 heteroatoms. The molecule has 2 N–H and O–H groups in total. The Morgan fingerprint density at radius 3 is 2.91 bits per heavy atom. The molecule has 1 fully saturated rings. The van der Waals surface area contributed by atoms with Crippen LogP contribution < -0.4 is 5.73 Å². The Morgan fingerprint density at radius 1 is 1.17 bits per heavy atom. The standard InChI is InChI=1S/C16H18N6O/c17-13-7-2-1-5-11(13)16-20-14(21-23-16)12-6-3-8-18-15(12)22-10-4-9-19-22/h3-4,6,8-11,13H,1-2,5,7,17H2/t11-,13+/m0/s1. The number of nitrogens with two attached hydrogens (primary N) is 1. The zero-order chi connectivity index (χ0) is 15.6. The first-order valence-electron chi connectivity index (χ1n) is 7.87. The second-order valence-corrected chi connectivity index (χ2v) is 5.84. The Labute approximate surface area is 133 Å². The predicted molar refractivity (Wildman–Crippen MR) is 83.8 cm³/mol. The Bertz CT molecular complexity index is 781. The fourth-order valence-corrected chi connectivity index (χ4v) is 3.11. The summed E-state index contributed by atoms with van der Waals surface area (Å²) in [6, 6.07) is 5.71. The van der Waals surface area contributed by atoms with E-state index in [1.807, 2.05) is 24.4 Å². The zero-order valence-corrected chi connectivity index (χ0v) is 12.7. The lowest BCUT2D eigenvalue weighted by atomic mass is 9.85. The van der Waals surface area contributed by atoms with E-state index in [0.717, 1.165) is 24.8 Å². The maximum absolute atomic E-state index is 6.21. The van der Waals surface area contributed by atoms with Gasteiger partial charge in [-0.2, -0.15) is 10.1 Å². The lowest BCUT2D eigenvalue weighted by Gasteiger charge is -2.25. The molecule has 3 aromatic rings. The quantitative estimate of drug-likeness (QED) is 0.797. The molecule has 4 rings (SSSR count). The summed E-state index contributed by atoms with van der Waals surface area (Å²) in [5.74, 6) is 1.98.